The number of carbonyl (C=O) groups excluding carboxylic acids is 2. The first-order valence-corrected chi connectivity index (χ1v) is 13.4. The van der Waals surface area contributed by atoms with Gasteiger partial charge in [0, 0.05) is 11.3 Å². The molecular formula is C33H33N3O6. The maximum absolute atomic E-state index is 13.0. The molecule has 0 fully saturated rings. The Morgan fingerprint density at radius 3 is 2.29 bits per heavy atom. The molecule has 0 heterocycles. The topological polar surface area (TPSA) is 132 Å². The Morgan fingerprint density at radius 1 is 0.905 bits per heavy atom. The third-order valence-corrected chi connectivity index (χ3v) is 6.26. The highest BCUT2D eigenvalue weighted by atomic mass is 16.6. The number of nitrogens with one attached hydrogen (secondary N) is 2. The van der Waals surface area contributed by atoms with Gasteiger partial charge in [0.15, 0.2) is 17.6 Å². The van der Waals surface area contributed by atoms with Crippen LogP contribution in [-0.2, 0) is 9.53 Å². The van der Waals surface area contributed by atoms with Crippen LogP contribution in [0.3, 0.4) is 0 Å². The predicted molar refractivity (Wildman–Crippen MR) is 163 cm³/mol. The normalized spacial score (nSPS) is 12.2. The molecule has 0 aliphatic heterocycles. The number of nitrogen functional groups attached to an aromatic ring is 1. The maximum Gasteiger partial charge on any atom is 0.412 e. The Bertz CT molecular complexity index is 1490. The second-order valence-electron chi connectivity index (χ2n) is 9.27. The minimum Gasteiger partial charge on any atom is -0.504 e. The lowest BCUT2D eigenvalue weighted by molar-refractivity contribution is -0.111. The van der Waals surface area contributed by atoms with E-state index in [2.05, 4.69) is 10.6 Å². The molecule has 0 aliphatic carbocycles. The van der Waals surface area contributed by atoms with Gasteiger partial charge in [-0.1, -0.05) is 60.7 Å². The molecule has 0 spiro atoms. The fourth-order valence-electron chi connectivity index (χ4n) is 4.21. The lowest BCUT2D eigenvalue weighted by atomic mass is 9.99. The summed E-state index contributed by atoms with van der Waals surface area (Å²) in [6, 6.07) is 29.8. The van der Waals surface area contributed by atoms with Crippen LogP contribution in [0.15, 0.2) is 115 Å². The number of methoxy groups -OCH3 is 1. The molecule has 216 valence electrons. The van der Waals surface area contributed by atoms with E-state index in [1.54, 1.807) is 78.9 Å². The van der Waals surface area contributed by atoms with Crippen molar-refractivity contribution in [2.45, 2.75) is 25.0 Å². The van der Waals surface area contributed by atoms with E-state index < -0.39 is 18.3 Å². The molecule has 0 saturated heterocycles. The number of phenols is 1. The molecule has 9 heteroatoms. The largest absolute Gasteiger partial charge is 0.504 e. The summed E-state index contributed by atoms with van der Waals surface area (Å²) in [5, 5.41) is 16.0. The monoisotopic (exact) mass is 567 g/mol. The summed E-state index contributed by atoms with van der Waals surface area (Å²) in [7, 11) is 1.45. The Kier molecular flexibility index (Phi) is 10.4. The van der Waals surface area contributed by atoms with Crippen LogP contribution in [0.4, 0.5) is 21.9 Å². The van der Waals surface area contributed by atoms with Gasteiger partial charge in [-0.3, -0.25) is 10.1 Å². The van der Waals surface area contributed by atoms with Crippen LogP contribution < -0.4 is 25.8 Å². The number of rotatable bonds is 12. The van der Waals surface area contributed by atoms with Gasteiger partial charge >= 0.3 is 6.09 Å². The van der Waals surface area contributed by atoms with Gasteiger partial charge in [-0.25, -0.2) is 4.79 Å². The van der Waals surface area contributed by atoms with Crippen molar-refractivity contribution in [2.24, 2.45) is 0 Å². The summed E-state index contributed by atoms with van der Waals surface area (Å²) in [4.78, 5) is 25.5. The van der Waals surface area contributed by atoms with E-state index >= 15 is 0 Å². The second-order valence-corrected chi connectivity index (χ2v) is 9.27. The number of benzene rings is 4. The molecule has 9 nitrogen and oxygen atoms in total. The van der Waals surface area contributed by atoms with E-state index in [1.807, 2.05) is 24.3 Å². The molecule has 0 aromatic heterocycles. The first-order valence-electron chi connectivity index (χ1n) is 13.4. The number of nitrogens with two attached hydrogens (primary N) is 1. The number of ether oxygens (including phenoxy) is 3. The highest BCUT2D eigenvalue weighted by Crippen LogP contribution is 2.34. The number of phenolic OH excluding ortho intramolecular Hbond substituents is 1. The van der Waals surface area contributed by atoms with Crippen molar-refractivity contribution in [1.29, 1.82) is 0 Å². The molecule has 4 rings (SSSR count). The van der Waals surface area contributed by atoms with Gasteiger partial charge in [0.2, 0.25) is 5.91 Å². The van der Waals surface area contributed by atoms with Crippen LogP contribution in [0.5, 0.6) is 17.2 Å². The molecule has 0 radical (unpaired) electrons. The fraction of sp³-hybridized carbons (Fsp3) is 0.152. The average Bonchev–Trinajstić information content (AvgIpc) is 3.00. The van der Waals surface area contributed by atoms with Gasteiger partial charge in [-0.2, -0.15) is 0 Å². The zero-order valence-corrected chi connectivity index (χ0v) is 23.1. The van der Waals surface area contributed by atoms with E-state index in [-0.39, 0.29) is 17.4 Å². The number of aromatic hydroxyl groups is 1. The predicted octanol–water partition coefficient (Wildman–Crippen LogP) is 6.70. The Morgan fingerprint density at radius 2 is 1.60 bits per heavy atom. The quantitative estimate of drug-likeness (QED) is 0.111. The Balaban J connectivity index is 1.56. The van der Waals surface area contributed by atoms with Gasteiger partial charge in [0.05, 0.1) is 18.5 Å². The first-order chi connectivity index (χ1) is 20.4. The number of carbonyl (C=O) groups is 2. The highest BCUT2D eigenvalue weighted by molar-refractivity contribution is 6.01. The standard InChI is InChI=1S/C33H33N3O6/c1-40-29-21-20-23(22-28(29)37)32(42-33(39)35-24-12-4-2-5-13-24)30(41-25-14-6-3-7-15-25)18-10-11-19-31(38)36-27-17-9-8-16-26(27)34/h2-9,11-17,19-22,30,32,37H,10,18,34H2,1H3,(H,35,39)(H,36,38)/b19-11+/t30-,32-/m0/s1. The lowest BCUT2D eigenvalue weighted by Crippen LogP contribution is -2.31. The minimum absolute atomic E-state index is 0.109. The summed E-state index contributed by atoms with van der Waals surface area (Å²) in [5.41, 5.74) is 7.96. The number of hydrogen-bond donors (Lipinski definition) is 4. The second kappa shape index (κ2) is 14.8. The van der Waals surface area contributed by atoms with Crippen molar-refractivity contribution in [2.75, 3.05) is 23.5 Å². The molecule has 0 unspecified atom stereocenters. The van der Waals surface area contributed by atoms with E-state index in [9.17, 15) is 14.7 Å². The summed E-state index contributed by atoms with van der Waals surface area (Å²) in [6.07, 6.45) is 1.58. The molecule has 4 aromatic rings. The highest BCUT2D eigenvalue weighted by Gasteiger charge is 2.30. The van der Waals surface area contributed by atoms with Crippen molar-refractivity contribution >= 4 is 29.1 Å². The third-order valence-electron chi connectivity index (χ3n) is 6.26. The van der Waals surface area contributed by atoms with Gasteiger partial charge < -0.3 is 30.4 Å². The van der Waals surface area contributed by atoms with Crippen LogP contribution in [0, 0.1) is 0 Å². The summed E-state index contributed by atoms with van der Waals surface area (Å²) < 4.78 is 17.4. The van der Waals surface area contributed by atoms with Gasteiger partial charge in [-0.15, -0.1) is 0 Å². The van der Waals surface area contributed by atoms with Crippen LogP contribution in [0.2, 0.25) is 0 Å². The smallest absolute Gasteiger partial charge is 0.412 e. The molecule has 4 aromatic carbocycles. The third kappa shape index (κ3) is 8.53. The van der Waals surface area contributed by atoms with Gasteiger partial charge in [0.25, 0.3) is 0 Å². The van der Waals surface area contributed by atoms with E-state index in [0.29, 0.717) is 41.2 Å². The molecule has 0 aliphatic rings. The van der Waals surface area contributed by atoms with Crippen LogP contribution in [0.1, 0.15) is 24.5 Å². The Labute approximate surface area is 244 Å². The van der Waals surface area contributed by atoms with E-state index in [4.69, 9.17) is 19.9 Å². The zero-order chi connectivity index (χ0) is 29.7. The zero-order valence-electron chi connectivity index (χ0n) is 23.1. The van der Waals surface area contributed by atoms with Crippen LogP contribution in [-0.4, -0.2) is 30.3 Å². The van der Waals surface area contributed by atoms with Crippen molar-refractivity contribution in [3.8, 4) is 17.2 Å². The summed E-state index contributed by atoms with van der Waals surface area (Å²) >= 11 is 0. The number of anilines is 3. The summed E-state index contributed by atoms with van der Waals surface area (Å²) in [5.74, 6) is 0.407. The van der Waals surface area contributed by atoms with E-state index in [1.165, 1.54) is 19.3 Å². The molecule has 0 bridgehead atoms. The van der Waals surface area contributed by atoms with Gasteiger partial charge in [-0.05, 0) is 67.4 Å². The lowest BCUT2D eigenvalue weighted by Gasteiger charge is -2.28. The Hall–Kier alpha value is -5.44. The number of hydrogen-bond acceptors (Lipinski definition) is 7. The van der Waals surface area contributed by atoms with Crippen molar-refractivity contribution in [1.82, 2.24) is 0 Å². The van der Waals surface area contributed by atoms with E-state index in [0.717, 1.165) is 0 Å². The number of amides is 2. The maximum atomic E-state index is 13.0. The molecule has 5 N–H and O–H groups in total. The molecule has 0 saturated carbocycles. The average molecular weight is 568 g/mol. The molecule has 2 atom stereocenters. The van der Waals surface area contributed by atoms with Crippen molar-refractivity contribution < 1.29 is 28.9 Å². The molecular weight excluding hydrogens is 534 g/mol. The fourth-order valence-corrected chi connectivity index (χ4v) is 4.21. The van der Waals surface area contributed by atoms with Gasteiger partial charge in [0.1, 0.15) is 11.9 Å². The number of allylic oxidation sites excluding steroid dienone is 1. The molecule has 2 amide bonds. The summed E-state index contributed by atoms with van der Waals surface area (Å²) in [6.45, 7) is 0. The van der Waals surface area contributed by atoms with Crippen LogP contribution in [0.25, 0.3) is 0 Å². The number of para-hydroxylation sites is 4. The SMILES string of the molecule is COc1ccc([C@H](OC(=O)Nc2ccccc2)[C@H](CC/C=C/C(=O)Nc2ccccc2N)Oc2ccccc2)cc1O. The minimum atomic E-state index is -0.933. The van der Waals surface area contributed by atoms with Crippen LogP contribution >= 0.6 is 0 Å². The van der Waals surface area contributed by atoms with Crippen molar-refractivity contribution in [3.05, 3.63) is 121 Å². The van der Waals surface area contributed by atoms with Crippen molar-refractivity contribution in [3.63, 3.8) is 0 Å². The molecule has 42 heavy (non-hydrogen) atoms. The first kappa shape index (κ1) is 29.5.